The fraction of sp³-hybridized carbons (Fsp3) is 0.273. The lowest BCUT2D eigenvalue weighted by molar-refractivity contribution is -0.130. The van der Waals surface area contributed by atoms with E-state index in [-0.39, 0.29) is 5.91 Å². The number of benzene rings is 2. The monoisotopic (exact) mass is 393 g/mol. The summed E-state index contributed by atoms with van der Waals surface area (Å²) in [7, 11) is 1.68. The summed E-state index contributed by atoms with van der Waals surface area (Å²) < 4.78 is 5.31. The van der Waals surface area contributed by atoms with Crippen LogP contribution in [-0.2, 0) is 11.2 Å². The third kappa shape index (κ3) is 4.17. The molecule has 0 aliphatic carbocycles. The van der Waals surface area contributed by atoms with Gasteiger partial charge in [-0.3, -0.25) is 4.79 Å². The molecule has 0 saturated carbocycles. The summed E-state index contributed by atoms with van der Waals surface area (Å²) in [5.74, 6) is 1.00. The molecule has 0 bridgehead atoms. The Hall–Kier alpha value is -2.86. The molecule has 3 aromatic rings. The zero-order valence-corrected chi connectivity index (χ0v) is 16.7. The van der Waals surface area contributed by atoms with Crippen molar-refractivity contribution in [2.24, 2.45) is 0 Å². The molecule has 1 aliphatic rings. The molecule has 1 amide bonds. The van der Waals surface area contributed by atoms with Gasteiger partial charge in [-0.25, -0.2) is 4.98 Å². The lowest BCUT2D eigenvalue weighted by Crippen LogP contribution is -2.49. The number of ether oxygens (including phenoxy) is 1. The van der Waals surface area contributed by atoms with E-state index in [1.807, 2.05) is 58.8 Å². The highest BCUT2D eigenvalue weighted by Gasteiger charge is 2.22. The Morgan fingerprint density at radius 3 is 2.61 bits per heavy atom. The van der Waals surface area contributed by atoms with Gasteiger partial charge in [0.25, 0.3) is 0 Å². The zero-order chi connectivity index (χ0) is 19.3. The van der Waals surface area contributed by atoms with Gasteiger partial charge in [0.05, 0.1) is 19.2 Å². The van der Waals surface area contributed by atoms with E-state index in [9.17, 15) is 4.79 Å². The molecule has 1 aromatic heterocycles. The van der Waals surface area contributed by atoms with Crippen LogP contribution in [0.5, 0.6) is 5.75 Å². The van der Waals surface area contributed by atoms with Gasteiger partial charge in [0.15, 0.2) is 0 Å². The molecule has 0 atom stereocenters. The van der Waals surface area contributed by atoms with E-state index < -0.39 is 0 Å². The molecule has 4 rings (SSSR count). The lowest BCUT2D eigenvalue weighted by atomic mass is 10.2. The standard InChI is InChI=1S/C22H23N3O2S/c1-27-20-9-5-8-19(15-20)24-10-12-25(13-11-24)21(26)14-18-16-28-22(23-18)17-6-3-2-4-7-17/h2-9,15-16H,10-14H2,1H3. The van der Waals surface area contributed by atoms with Gasteiger partial charge in [-0.1, -0.05) is 36.4 Å². The Morgan fingerprint density at radius 2 is 1.86 bits per heavy atom. The Balaban J connectivity index is 1.34. The van der Waals surface area contributed by atoms with Crippen LogP contribution in [-0.4, -0.2) is 49.1 Å². The highest BCUT2D eigenvalue weighted by atomic mass is 32.1. The van der Waals surface area contributed by atoms with Gasteiger partial charge in [-0.2, -0.15) is 0 Å². The number of carbonyl (C=O) groups is 1. The van der Waals surface area contributed by atoms with Crippen LogP contribution in [0.4, 0.5) is 5.69 Å². The third-order valence-corrected chi connectivity index (χ3v) is 5.90. The van der Waals surface area contributed by atoms with Gasteiger partial charge in [0.2, 0.25) is 5.91 Å². The van der Waals surface area contributed by atoms with Crippen molar-refractivity contribution in [2.45, 2.75) is 6.42 Å². The van der Waals surface area contributed by atoms with Crippen molar-refractivity contribution in [3.05, 3.63) is 65.7 Å². The minimum absolute atomic E-state index is 0.148. The quantitative estimate of drug-likeness (QED) is 0.663. The predicted octanol–water partition coefficient (Wildman–Crippen LogP) is 3.71. The molecule has 2 aromatic carbocycles. The van der Waals surface area contributed by atoms with Crippen LogP contribution in [0, 0.1) is 0 Å². The number of carbonyl (C=O) groups excluding carboxylic acids is 1. The lowest BCUT2D eigenvalue weighted by Gasteiger charge is -2.36. The average Bonchev–Trinajstić information content (AvgIpc) is 3.23. The topological polar surface area (TPSA) is 45.7 Å². The minimum Gasteiger partial charge on any atom is -0.497 e. The van der Waals surface area contributed by atoms with Crippen LogP contribution in [0.15, 0.2) is 60.0 Å². The Kier molecular flexibility index (Phi) is 5.58. The number of thiazole rings is 1. The van der Waals surface area contributed by atoms with E-state index in [1.54, 1.807) is 18.4 Å². The normalized spacial score (nSPS) is 14.2. The van der Waals surface area contributed by atoms with Gasteiger partial charge in [-0.05, 0) is 12.1 Å². The van der Waals surface area contributed by atoms with Crippen LogP contribution >= 0.6 is 11.3 Å². The van der Waals surface area contributed by atoms with E-state index >= 15 is 0 Å². The maximum atomic E-state index is 12.7. The van der Waals surface area contributed by atoms with Crippen LogP contribution in [0.3, 0.4) is 0 Å². The first-order valence-corrected chi connectivity index (χ1v) is 10.3. The molecule has 0 spiro atoms. The second kappa shape index (κ2) is 8.44. The van der Waals surface area contributed by atoms with Gasteiger partial charge in [0.1, 0.15) is 10.8 Å². The van der Waals surface area contributed by atoms with Gasteiger partial charge in [-0.15, -0.1) is 11.3 Å². The number of aromatic nitrogens is 1. The van der Waals surface area contributed by atoms with Crippen molar-refractivity contribution >= 4 is 22.9 Å². The maximum absolute atomic E-state index is 12.7. The highest BCUT2D eigenvalue weighted by Crippen LogP contribution is 2.24. The summed E-state index contributed by atoms with van der Waals surface area (Å²) in [4.78, 5) is 21.6. The van der Waals surface area contributed by atoms with Gasteiger partial charge in [0, 0.05) is 48.9 Å². The fourth-order valence-corrected chi connectivity index (χ4v) is 4.22. The first kappa shape index (κ1) is 18.5. The van der Waals surface area contributed by atoms with Crippen molar-refractivity contribution in [1.29, 1.82) is 0 Å². The second-order valence-corrected chi connectivity index (χ2v) is 7.61. The Morgan fingerprint density at radius 1 is 1.07 bits per heavy atom. The molecule has 2 heterocycles. The van der Waals surface area contributed by atoms with E-state index in [1.165, 1.54) is 0 Å². The number of amides is 1. The molecule has 5 nitrogen and oxygen atoms in total. The SMILES string of the molecule is COc1cccc(N2CCN(C(=O)Cc3csc(-c4ccccc4)n3)CC2)c1. The van der Waals surface area contributed by atoms with E-state index in [2.05, 4.69) is 16.0 Å². The number of methoxy groups -OCH3 is 1. The predicted molar refractivity (Wildman–Crippen MR) is 113 cm³/mol. The summed E-state index contributed by atoms with van der Waals surface area (Å²) in [6.07, 6.45) is 0.364. The van der Waals surface area contributed by atoms with E-state index in [4.69, 9.17) is 4.74 Å². The third-order valence-electron chi connectivity index (χ3n) is 4.96. The molecular weight excluding hydrogens is 370 g/mol. The van der Waals surface area contributed by atoms with Crippen LogP contribution in [0.1, 0.15) is 5.69 Å². The van der Waals surface area contributed by atoms with Crippen LogP contribution in [0.25, 0.3) is 10.6 Å². The maximum Gasteiger partial charge on any atom is 0.228 e. The Bertz CT molecular complexity index is 934. The summed E-state index contributed by atoms with van der Waals surface area (Å²) >= 11 is 1.59. The smallest absolute Gasteiger partial charge is 0.228 e. The van der Waals surface area contributed by atoms with E-state index in [0.717, 1.165) is 53.9 Å². The summed E-state index contributed by atoms with van der Waals surface area (Å²) in [5.41, 5.74) is 3.08. The molecule has 0 N–H and O–H groups in total. The minimum atomic E-state index is 0.148. The van der Waals surface area contributed by atoms with Crippen LogP contribution in [0.2, 0.25) is 0 Å². The van der Waals surface area contributed by atoms with Gasteiger partial charge < -0.3 is 14.5 Å². The van der Waals surface area contributed by atoms with Crippen molar-refractivity contribution in [2.75, 3.05) is 38.2 Å². The second-order valence-electron chi connectivity index (χ2n) is 6.76. The van der Waals surface area contributed by atoms with E-state index in [0.29, 0.717) is 6.42 Å². The molecule has 0 radical (unpaired) electrons. The summed E-state index contributed by atoms with van der Waals surface area (Å²) in [6.45, 7) is 3.11. The first-order valence-electron chi connectivity index (χ1n) is 9.39. The number of nitrogens with zero attached hydrogens (tertiary/aromatic N) is 3. The molecule has 144 valence electrons. The fourth-order valence-electron chi connectivity index (χ4n) is 3.39. The number of anilines is 1. The van der Waals surface area contributed by atoms with Gasteiger partial charge >= 0.3 is 0 Å². The number of rotatable bonds is 5. The summed E-state index contributed by atoms with van der Waals surface area (Å²) in [5, 5.41) is 2.96. The largest absolute Gasteiger partial charge is 0.497 e. The molecule has 28 heavy (non-hydrogen) atoms. The number of piperazine rings is 1. The van der Waals surface area contributed by atoms with Crippen molar-refractivity contribution in [3.63, 3.8) is 0 Å². The molecule has 1 saturated heterocycles. The average molecular weight is 394 g/mol. The highest BCUT2D eigenvalue weighted by molar-refractivity contribution is 7.13. The number of hydrogen-bond donors (Lipinski definition) is 0. The number of hydrogen-bond acceptors (Lipinski definition) is 5. The molecule has 6 heteroatoms. The van der Waals surface area contributed by atoms with Crippen molar-refractivity contribution < 1.29 is 9.53 Å². The molecule has 1 aliphatic heterocycles. The zero-order valence-electron chi connectivity index (χ0n) is 15.9. The molecule has 1 fully saturated rings. The van der Waals surface area contributed by atoms with Crippen molar-refractivity contribution in [3.8, 4) is 16.3 Å². The van der Waals surface area contributed by atoms with Crippen molar-refractivity contribution in [1.82, 2.24) is 9.88 Å². The summed E-state index contributed by atoms with van der Waals surface area (Å²) in [6, 6.07) is 18.2. The van der Waals surface area contributed by atoms with Crippen LogP contribution < -0.4 is 9.64 Å². The molecular formula is C22H23N3O2S. The Labute approximate surface area is 169 Å². The molecule has 0 unspecified atom stereocenters. The first-order chi connectivity index (χ1) is 13.7.